The second-order valence-corrected chi connectivity index (χ2v) is 3.86. The van der Waals surface area contributed by atoms with E-state index in [1.807, 2.05) is 0 Å². The molecule has 0 saturated carbocycles. The van der Waals surface area contributed by atoms with Crippen molar-refractivity contribution in [3.8, 4) is 0 Å². The average molecular weight is 261 g/mol. The van der Waals surface area contributed by atoms with Crippen molar-refractivity contribution in [2.45, 2.75) is 0 Å². The van der Waals surface area contributed by atoms with Gasteiger partial charge in [0.1, 0.15) is 12.2 Å². The topological polar surface area (TPSA) is 92.7 Å². The third-order valence-electron chi connectivity index (χ3n) is 2.73. The van der Waals surface area contributed by atoms with Crippen molar-refractivity contribution >= 4 is 23.3 Å². The van der Waals surface area contributed by atoms with Gasteiger partial charge < -0.3 is 15.2 Å². The van der Waals surface area contributed by atoms with Crippen LogP contribution in [0, 0.1) is 0 Å². The standard InChI is InChI=1S/C13H11NO5/c1-19-9(15)6-14-10-11(16)7-4-2-3-5-8(7)12(17)13(10)18/h2-5,14,16H,6H2,1H3. The molecule has 0 radical (unpaired) electrons. The Kier molecular flexibility index (Phi) is 3.33. The molecule has 0 atom stereocenters. The molecule has 0 aromatic heterocycles. The van der Waals surface area contributed by atoms with Crippen LogP contribution in [0.3, 0.4) is 0 Å². The summed E-state index contributed by atoms with van der Waals surface area (Å²) in [7, 11) is 1.20. The summed E-state index contributed by atoms with van der Waals surface area (Å²) in [5.74, 6) is -2.55. The Morgan fingerprint density at radius 3 is 2.47 bits per heavy atom. The van der Waals surface area contributed by atoms with Gasteiger partial charge in [0.2, 0.25) is 5.78 Å². The molecule has 0 fully saturated rings. The first-order valence-corrected chi connectivity index (χ1v) is 5.48. The Morgan fingerprint density at radius 1 is 1.21 bits per heavy atom. The molecule has 0 bridgehead atoms. The number of aliphatic hydroxyl groups is 1. The van der Waals surface area contributed by atoms with Gasteiger partial charge in [-0.25, -0.2) is 0 Å². The zero-order valence-corrected chi connectivity index (χ0v) is 10.1. The highest BCUT2D eigenvalue weighted by Crippen LogP contribution is 2.26. The molecule has 98 valence electrons. The molecule has 0 spiro atoms. The van der Waals surface area contributed by atoms with E-state index in [1.165, 1.54) is 19.2 Å². The predicted molar refractivity (Wildman–Crippen MR) is 65.3 cm³/mol. The first-order valence-electron chi connectivity index (χ1n) is 5.48. The van der Waals surface area contributed by atoms with Crippen LogP contribution >= 0.6 is 0 Å². The second kappa shape index (κ2) is 4.93. The van der Waals surface area contributed by atoms with Gasteiger partial charge in [-0.05, 0) is 0 Å². The molecule has 1 aromatic rings. The number of ether oxygens (including phenoxy) is 1. The number of hydrogen-bond acceptors (Lipinski definition) is 6. The first-order chi connectivity index (χ1) is 9.06. The summed E-state index contributed by atoms with van der Waals surface area (Å²) in [6.45, 7) is -0.308. The number of carbonyl (C=O) groups excluding carboxylic acids is 3. The summed E-state index contributed by atoms with van der Waals surface area (Å²) in [4.78, 5) is 34.7. The number of Topliss-reactive ketones (excluding diaryl/α,β-unsaturated/α-hetero) is 2. The van der Waals surface area contributed by atoms with Gasteiger partial charge in [-0.15, -0.1) is 0 Å². The van der Waals surface area contributed by atoms with Crippen molar-refractivity contribution in [3.05, 3.63) is 41.1 Å². The van der Waals surface area contributed by atoms with Crippen LogP contribution in [0.15, 0.2) is 30.0 Å². The first kappa shape index (κ1) is 12.8. The van der Waals surface area contributed by atoms with Crippen LogP contribution in [0.2, 0.25) is 0 Å². The fraction of sp³-hybridized carbons (Fsp3) is 0.154. The van der Waals surface area contributed by atoms with Gasteiger partial charge in [0, 0.05) is 11.1 Å². The zero-order chi connectivity index (χ0) is 14.0. The number of aliphatic hydroxyl groups excluding tert-OH is 1. The Balaban J connectivity index is 2.39. The molecule has 0 heterocycles. The quantitative estimate of drug-likeness (QED) is 0.606. The predicted octanol–water partition coefficient (Wildman–Crippen LogP) is 0.441. The Morgan fingerprint density at radius 2 is 1.84 bits per heavy atom. The number of nitrogens with one attached hydrogen (secondary N) is 1. The van der Waals surface area contributed by atoms with E-state index in [9.17, 15) is 19.5 Å². The largest absolute Gasteiger partial charge is 0.505 e. The Bertz CT molecular complexity index is 603. The minimum absolute atomic E-state index is 0.147. The highest BCUT2D eigenvalue weighted by atomic mass is 16.5. The summed E-state index contributed by atoms with van der Waals surface area (Å²) >= 11 is 0. The van der Waals surface area contributed by atoms with Crippen molar-refractivity contribution in [1.82, 2.24) is 5.32 Å². The SMILES string of the molecule is COC(=O)CNC1=C(O)c2ccccc2C(=O)C1=O. The number of fused-ring (bicyclic) bond motifs is 1. The maximum Gasteiger partial charge on any atom is 0.325 e. The van der Waals surface area contributed by atoms with E-state index in [4.69, 9.17) is 0 Å². The van der Waals surface area contributed by atoms with Crippen LogP contribution in [-0.2, 0) is 14.3 Å². The maximum atomic E-state index is 11.8. The van der Waals surface area contributed by atoms with Crippen molar-refractivity contribution in [2.24, 2.45) is 0 Å². The highest BCUT2D eigenvalue weighted by molar-refractivity contribution is 6.52. The number of rotatable bonds is 3. The van der Waals surface area contributed by atoms with E-state index in [2.05, 4.69) is 10.1 Å². The van der Waals surface area contributed by atoms with Gasteiger partial charge in [0.25, 0.3) is 5.78 Å². The molecule has 0 amide bonds. The molecule has 6 nitrogen and oxygen atoms in total. The second-order valence-electron chi connectivity index (χ2n) is 3.86. The lowest BCUT2D eigenvalue weighted by Gasteiger charge is -2.18. The minimum atomic E-state index is -0.875. The lowest BCUT2D eigenvalue weighted by molar-refractivity contribution is -0.139. The van der Waals surface area contributed by atoms with Crippen LogP contribution in [0.4, 0.5) is 0 Å². The molecule has 0 unspecified atom stereocenters. The molecular weight excluding hydrogens is 250 g/mol. The van der Waals surface area contributed by atoms with E-state index in [0.717, 1.165) is 0 Å². The molecule has 0 saturated heterocycles. The van der Waals surface area contributed by atoms with Crippen molar-refractivity contribution in [2.75, 3.05) is 13.7 Å². The minimum Gasteiger partial charge on any atom is -0.505 e. The number of hydrogen-bond donors (Lipinski definition) is 2. The van der Waals surface area contributed by atoms with Crippen LogP contribution in [0.25, 0.3) is 5.76 Å². The number of methoxy groups -OCH3 is 1. The zero-order valence-electron chi connectivity index (χ0n) is 10.1. The highest BCUT2D eigenvalue weighted by Gasteiger charge is 2.32. The van der Waals surface area contributed by atoms with Crippen LogP contribution in [0.1, 0.15) is 15.9 Å². The third-order valence-corrected chi connectivity index (χ3v) is 2.73. The molecule has 0 aliphatic heterocycles. The maximum absolute atomic E-state index is 11.8. The number of ketones is 2. The van der Waals surface area contributed by atoms with Crippen molar-refractivity contribution in [3.63, 3.8) is 0 Å². The van der Waals surface area contributed by atoms with Gasteiger partial charge >= 0.3 is 5.97 Å². The summed E-state index contributed by atoms with van der Waals surface area (Å²) < 4.78 is 4.41. The smallest absolute Gasteiger partial charge is 0.325 e. The van der Waals surface area contributed by atoms with Gasteiger partial charge in [-0.2, -0.15) is 0 Å². The number of allylic oxidation sites excluding steroid dienone is 1. The lowest BCUT2D eigenvalue weighted by Crippen LogP contribution is -2.34. The monoisotopic (exact) mass is 261 g/mol. The summed E-state index contributed by atoms with van der Waals surface area (Å²) in [6.07, 6.45) is 0. The fourth-order valence-electron chi connectivity index (χ4n) is 1.76. The molecule has 1 aliphatic rings. The van der Waals surface area contributed by atoms with Crippen molar-refractivity contribution in [1.29, 1.82) is 0 Å². The summed E-state index contributed by atoms with van der Waals surface area (Å²) in [6, 6.07) is 6.22. The molecule has 19 heavy (non-hydrogen) atoms. The number of benzene rings is 1. The van der Waals surface area contributed by atoms with Gasteiger partial charge in [0.15, 0.2) is 5.76 Å². The van der Waals surface area contributed by atoms with Crippen molar-refractivity contribution < 1.29 is 24.2 Å². The molecular formula is C13H11NO5. The Labute approximate surface area is 108 Å². The third kappa shape index (κ3) is 2.20. The lowest BCUT2D eigenvalue weighted by atomic mass is 9.91. The van der Waals surface area contributed by atoms with Crippen LogP contribution in [0.5, 0.6) is 0 Å². The van der Waals surface area contributed by atoms with Gasteiger partial charge in [0.05, 0.1) is 7.11 Å². The van der Waals surface area contributed by atoms with Crippen LogP contribution in [-0.4, -0.2) is 36.3 Å². The van der Waals surface area contributed by atoms with Gasteiger partial charge in [-0.3, -0.25) is 14.4 Å². The summed E-state index contributed by atoms with van der Waals surface area (Å²) in [5, 5.41) is 12.4. The van der Waals surface area contributed by atoms with E-state index in [0.29, 0.717) is 0 Å². The van der Waals surface area contributed by atoms with Crippen LogP contribution < -0.4 is 5.32 Å². The number of esters is 1. The Hall–Kier alpha value is -2.63. The normalized spacial score (nSPS) is 14.2. The number of carbonyl (C=O) groups is 3. The fourth-order valence-corrected chi connectivity index (χ4v) is 1.76. The molecule has 1 aromatic carbocycles. The molecule has 2 rings (SSSR count). The summed E-state index contributed by atoms with van der Waals surface area (Å²) in [5.41, 5.74) is 0.127. The molecule has 1 aliphatic carbocycles. The molecule has 2 N–H and O–H groups in total. The van der Waals surface area contributed by atoms with E-state index in [-0.39, 0.29) is 29.1 Å². The van der Waals surface area contributed by atoms with E-state index < -0.39 is 17.5 Å². The molecule has 6 heteroatoms. The van der Waals surface area contributed by atoms with Gasteiger partial charge in [-0.1, -0.05) is 24.3 Å². The van der Waals surface area contributed by atoms with E-state index >= 15 is 0 Å². The average Bonchev–Trinajstić information content (AvgIpc) is 2.44. The van der Waals surface area contributed by atoms with E-state index in [1.54, 1.807) is 12.1 Å².